The van der Waals surface area contributed by atoms with Gasteiger partial charge in [0.15, 0.2) is 0 Å². The first-order valence-electron chi connectivity index (χ1n) is 6.92. The molecule has 0 radical (unpaired) electrons. The van der Waals surface area contributed by atoms with Crippen LogP contribution in [-0.2, 0) is 0 Å². The fraction of sp³-hybridized carbons (Fsp3) is 0.294. The number of hydrogen-bond donors (Lipinski definition) is 0. The van der Waals surface area contributed by atoms with Crippen molar-refractivity contribution in [2.24, 2.45) is 0 Å². The van der Waals surface area contributed by atoms with E-state index in [0.29, 0.717) is 10.7 Å². The first-order chi connectivity index (χ1) is 9.90. The van der Waals surface area contributed by atoms with Crippen LogP contribution in [0.2, 0.25) is 5.15 Å². The molecule has 2 rings (SSSR count). The van der Waals surface area contributed by atoms with Crippen LogP contribution in [-0.4, -0.2) is 16.9 Å². The van der Waals surface area contributed by atoms with E-state index >= 15 is 0 Å². The quantitative estimate of drug-likeness (QED) is 0.787. The first kappa shape index (κ1) is 15.5. The number of halogens is 1. The van der Waals surface area contributed by atoms with Crippen molar-refractivity contribution in [2.75, 3.05) is 4.90 Å². The maximum atomic E-state index is 12.8. The molecule has 0 fully saturated rings. The predicted octanol–water partition coefficient (Wildman–Crippen LogP) is 4.41. The molecule has 0 atom stereocenters. The lowest BCUT2D eigenvalue weighted by Gasteiger charge is -2.29. The second-order valence-electron chi connectivity index (χ2n) is 5.43. The van der Waals surface area contributed by atoms with E-state index in [0.717, 1.165) is 16.8 Å². The third-order valence-corrected chi connectivity index (χ3v) is 3.54. The van der Waals surface area contributed by atoms with Gasteiger partial charge in [0.25, 0.3) is 5.91 Å². The van der Waals surface area contributed by atoms with Crippen molar-refractivity contribution in [2.45, 2.75) is 33.7 Å². The van der Waals surface area contributed by atoms with E-state index in [2.05, 4.69) is 4.98 Å². The molecule has 0 aliphatic heterocycles. The lowest BCUT2D eigenvalue weighted by molar-refractivity contribution is 0.0980. The Balaban J connectivity index is 2.49. The second-order valence-corrected chi connectivity index (χ2v) is 5.81. The highest BCUT2D eigenvalue weighted by Gasteiger charge is 2.22. The molecule has 2 aromatic rings. The molecule has 1 aromatic heterocycles. The van der Waals surface area contributed by atoms with Gasteiger partial charge in [-0.1, -0.05) is 23.7 Å². The number of hydrogen-bond acceptors (Lipinski definition) is 2. The van der Waals surface area contributed by atoms with Gasteiger partial charge in [-0.25, -0.2) is 4.98 Å². The Hall–Kier alpha value is -1.87. The number of carbonyl (C=O) groups is 1. The Kier molecular flexibility index (Phi) is 4.63. The largest absolute Gasteiger partial charge is 0.306 e. The number of rotatable bonds is 3. The third kappa shape index (κ3) is 3.42. The van der Waals surface area contributed by atoms with Gasteiger partial charge in [0.1, 0.15) is 5.15 Å². The van der Waals surface area contributed by atoms with Gasteiger partial charge in [0, 0.05) is 23.5 Å². The normalized spacial score (nSPS) is 10.8. The first-order valence-corrected chi connectivity index (χ1v) is 7.30. The average molecular weight is 303 g/mol. The minimum absolute atomic E-state index is 0.0462. The smallest absolute Gasteiger partial charge is 0.258 e. The van der Waals surface area contributed by atoms with E-state index in [4.69, 9.17) is 11.6 Å². The van der Waals surface area contributed by atoms with Crippen LogP contribution in [0, 0.1) is 13.8 Å². The van der Waals surface area contributed by atoms with Crippen molar-refractivity contribution in [1.82, 2.24) is 4.98 Å². The van der Waals surface area contributed by atoms with Crippen molar-refractivity contribution < 1.29 is 4.79 Å². The van der Waals surface area contributed by atoms with Crippen LogP contribution in [0.4, 0.5) is 5.69 Å². The molecule has 0 unspecified atom stereocenters. The zero-order chi connectivity index (χ0) is 15.6. The van der Waals surface area contributed by atoms with Crippen molar-refractivity contribution >= 4 is 23.2 Å². The summed E-state index contributed by atoms with van der Waals surface area (Å²) in [5.41, 5.74) is 3.68. The van der Waals surface area contributed by atoms with Gasteiger partial charge < -0.3 is 4.90 Å². The van der Waals surface area contributed by atoms with Crippen LogP contribution in [0.1, 0.15) is 35.3 Å². The molecule has 3 nitrogen and oxygen atoms in total. The maximum absolute atomic E-state index is 12.8. The molecule has 0 saturated heterocycles. The number of nitrogens with zero attached hydrogens (tertiary/aromatic N) is 2. The van der Waals surface area contributed by atoms with Crippen LogP contribution >= 0.6 is 11.6 Å². The molecular formula is C17H19ClN2O. The Morgan fingerprint density at radius 2 is 1.90 bits per heavy atom. The van der Waals surface area contributed by atoms with Gasteiger partial charge in [0.2, 0.25) is 0 Å². The van der Waals surface area contributed by atoms with Crippen molar-refractivity contribution in [3.63, 3.8) is 0 Å². The predicted molar refractivity (Wildman–Crippen MR) is 87.1 cm³/mol. The summed E-state index contributed by atoms with van der Waals surface area (Å²) in [7, 11) is 0. The van der Waals surface area contributed by atoms with Crippen molar-refractivity contribution in [3.8, 4) is 0 Å². The summed E-state index contributed by atoms with van der Waals surface area (Å²) in [6, 6.07) is 9.46. The van der Waals surface area contributed by atoms with E-state index in [1.165, 1.54) is 0 Å². The molecule has 0 N–H and O–H groups in total. The molecule has 0 aliphatic rings. The van der Waals surface area contributed by atoms with E-state index in [1.54, 1.807) is 23.2 Å². The summed E-state index contributed by atoms with van der Waals surface area (Å²) in [6.45, 7) is 8.04. The molecule has 21 heavy (non-hydrogen) atoms. The summed E-state index contributed by atoms with van der Waals surface area (Å²) >= 11 is 5.89. The zero-order valence-corrected chi connectivity index (χ0v) is 13.5. The van der Waals surface area contributed by atoms with Crippen molar-refractivity contribution in [3.05, 3.63) is 58.4 Å². The Morgan fingerprint density at radius 3 is 2.52 bits per heavy atom. The van der Waals surface area contributed by atoms with E-state index in [-0.39, 0.29) is 11.9 Å². The number of aryl methyl sites for hydroxylation is 2. The molecule has 0 spiro atoms. The molecule has 4 heteroatoms. The minimum Gasteiger partial charge on any atom is -0.306 e. The minimum atomic E-state index is -0.0667. The summed E-state index contributed by atoms with van der Waals surface area (Å²) < 4.78 is 0. The Bertz CT molecular complexity index is 668. The monoisotopic (exact) mass is 302 g/mol. The highest BCUT2D eigenvalue weighted by molar-refractivity contribution is 6.29. The second kappa shape index (κ2) is 6.27. The summed E-state index contributed by atoms with van der Waals surface area (Å²) in [4.78, 5) is 18.6. The summed E-state index contributed by atoms with van der Waals surface area (Å²) in [5.74, 6) is -0.0667. The van der Waals surface area contributed by atoms with Crippen LogP contribution in [0.3, 0.4) is 0 Å². The third-order valence-electron chi connectivity index (χ3n) is 3.33. The molecule has 0 bridgehead atoms. The number of amides is 1. The summed E-state index contributed by atoms with van der Waals surface area (Å²) in [5, 5.41) is 0.325. The molecule has 0 saturated carbocycles. The average Bonchev–Trinajstić information content (AvgIpc) is 2.42. The summed E-state index contributed by atoms with van der Waals surface area (Å²) in [6.07, 6.45) is 1.55. The van der Waals surface area contributed by atoms with E-state index < -0.39 is 0 Å². The molecule has 0 aliphatic carbocycles. The van der Waals surface area contributed by atoms with Crippen LogP contribution in [0.15, 0.2) is 36.5 Å². The number of aromatic nitrogens is 1. The number of benzene rings is 1. The Labute approximate surface area is 130 Å². The van der Waals surface area contributed by atoms with Gasteiger partial charge in [-0.15, -0.1) is 0 Å². The molecule has 1 amide bonds. The fourth-order valence-corrected chi connectivity index (χ4v) is 2.45. The standard InChI is InChI=1S/C17H19ClN2O/c1-11(2)20(15-9-12(3)5-6-13(15)4)17(21)14-7-8-19-16(18)10-14/h5-11H,1-4H3. The Morgan fingerprint density at radius 1 is 1.19 bits per heavy atom. The van der Waals surface area contributed by atoms with Gasteiger partial charge in [-0.3, -0.25) is 4.79 Å². The van der Waals surface area contributed by atoms with E-state index in [9.17, 15) is 4.79 Å². The van der Waals surface area contributed by atoms with Gasteiger partial charge in [-0.05, 0) is 57.0 Å². The molecular weight excluding hydrogens is 284 g/mol. The van der Waals surface area contributed by atoms with E-state index in [1.807, 2.05) is 45.9 Å². The van der Waals surface area contributed by atoms with Crippen LogP contribution in [0.5, 0.6) is 0 Å². The van der Waals surface area contributed by atoms with Gasteiger partial charge in [0.05, 0.1) is 0 Å². The number of anilines is 1. The SMILES string of the molecule is Cc1ccc(C)c(N(C(=O)c2ccnc(Cl)c2)C(C)C)c1. The molecule has 1 heterocycles. The van der Waals surface area contributed by atoms with Crippen LogP contribution < -0.4 is 4.90 Å². The fourth-order valence-electron chi connectivity index (χ4n) is 2.28. The zero-order valence-electron chi connectivity index (χ0n) is 12.7. The van der Waals surface area contributed by atoms with Crippen molar-refractivity contribution in [1.29, 1.82) is 0 Å². The number of pyridine rings is 1. The lowest BCUT2D eigenvalue weighted by Crippen LogP contribution is -2.37. The maximum Gasteiger partial charge on any atom is 0.258 e. The van der Waals surface area contributed by atoms with Gasteiger partial charge in [-0.2, -0.15) is 0 Å². The highest BCUT2D eigenvalue weighted by Crippen LogP contribution is 2.26. The number of carbonyl (C=O) groups excluding carboxylic acids is 1. The highest BCUT2D eigenvalue weighted by atomic mass is 35.5. The lowest BCUT2D eigenvalue weighted by atomic mass is 10.1. The molecule has 1 aromatic carbocycles. The van der Waals surface area contributed by atoms with Gasteiger partial charge >= 0.3 is 0 Å². The topological polar surface area (TPSA) is 33.2 Å². The molecule has 110 valence electrons. The van der Waals surface area contributed by atoms with Crippen LogP contribution in [0.25, 0.3) is 0 Å².